The van der Waals surface area contributed by atoms with Gasteiger partial charge < -0.3 is 9.84 Å². The average Bonchev–Trinajstić information content (AvgIpc) is 3.21. The Hall–Kier alpha value is -1.97. The Kier molecular flexibility index (Phi) is 5.67. The molecule has 0 saturated heterocycles. The number of hydrogen-bond acceptors (Lipinski definition) is 6. The maximum absolute atomic E-state index is 9.99. The lowest BCUT2D eigenvalue weighted by atomic mass is 10.2. The highest BCUT2D eigenvalue weighted by Crippen LogP contribution is 2.35. The number of hydrogen-bond donors (Lipinski definition) is 2. The number of phenols is 1. The number of ether oxygens (including phenoxy) is 1. The summed E-state index contributed by atoms with van der Waals surface area (Å²) in [6.45, 7) is 2.31. The van der Waals surface area contributed by atoms with Gasteiger partial charge in [-0.25, -0.2) is 0 Å². The van der Waals surface area contributed by atoms with Crippen molar-refractivity contribution >= 4 is 45.7 Å². The highest BCUT2D eigenvalue weighted by Gasteiger charge is 2.10. The van der Waals surface area contributed by atoms with E-state index in [4.69, 9.17) is 17.0 Å². The quantitative estimate of drug-likeness (QED) is 0.443. The monoisotopic (exact) mass is 438 g/mol. The first kappa shape index (κ1) is 17.8. The van der Waals surface area contributed by atoms with E-state index in [2.05, 4.69) is 31.2 Å². The highest BCUT2D eigenvalue weighted by atomic mass is 79.9. The van der Waals surface area contributed by atoms with Crippen molar-refractivity contribution in [3.05, 3.63) is 55.2 Å². The highest BCUT2D eigenvalue weighted by molar-refractivity contribution is 9.10. The number of aromatic amines is 1. The maximum atomic E-state index is 9.99. The van der Waals surface area contributed by atoms with Crippen molar-refractivity contribution in [2.75, 3.05) is 6.61 Å². The molecule has 2 heterocycles. The number of aromatic nitrogens is 3. The van der Waals surface area contributed by atoms with Gasteiger partial charge in [-0.2, -0.15) is 14.9 Å². The number of benzene rings is 1. The molecule has 0 bridgehead atoms. The van der Waals surface area contributed by atoms with Gasteiger partial charge in [0.25, 0.3) is 0 Å². The molecular weight excluding hydrogens is 424 g/mol. The van der Waals surface area contributed by atoms with Crippen LogP contribution in [-0.4, -0.2) is 32.8 Å². The third-order valence-electron chi connectivity index (χ3n) is 3.30. The van der Waals surface area contributed by atoms with Crippen LogP contribution in [0.25, 0.3) is 0 Å². The maximum Gasteiger partial charge on any atom is 0.216 e. The largest absolute Gasteiger partial charge is 0.503 e. The lowest BCUT2D eigenvalue weighted by molar-refractivity contribution is 0.317. The SMILES string of the molecule is CCOc1cc(/C=N\n2c(Cc3cccs3)n[nH]c2=S)cc(Br)c1O. The Bertz CT molecular complexity index is 948. The minimum absolute atomic E-state index is 0.0670. The van der Waals surface area contributed by atoms with Crippen molar-refractivity contribution in [3.8, 4) is 11.5 Å². The van der Waals surface area contributed by atoms with Crippen molar-refractivity contribution < 1.29 is 9.84 Å². The van der Waals surface area contributed by atoms with Gasteiger partial charge in [0.05, 0.1) is 17.3 Å². The van der Waals surface area contributed by atoms with Gasteiger partial charge in [-0.1, -0.05) is 6.07 Å². The molecule has 0 spiro atoms. The van der Waals surface area contributed by atoms with Crippen LogP contribution in [0.3, 0.4) is 0 Å². The molecule has 0 aliphatic carbocycles. The zero-order valence-corrected chi connectivity index (χ0v) is 16.5. The van der Waals surface area contributed by atoms with Gasteiger partial charge in [0, 0.05) is 11.3 Å². The molecule has 0 unspecified atom stereocenters. The number of halogens is 1. The van der Waals surface area contributed by atoms with Gasteiger partial charge in [-0.05, 0) is 64.2 Å². The molecule has 0 atom stereocenters. The van der Waals surface area contributed by atoms with E-state index in [1.165, 1.54) is 4.88 Å². The minimum Gasteiger partial charge on any atom is -0.503 e. The molecule has 6 nitrogen and oxygen atoms in total. The van der Waals surface area contributed by atoms with Gasteiger partial charge in [0.1, 0.15) is 0 Å². The molecule has 0 aliphatic rings. The number of nitrogens with one attached hydrogen (secondary N) is 1. The molecular formula is C16H15BrN4O2S2. The minimum atomic E-state index is 0.0670. The molecule has 130 valence electrons. The van der Waals surface area contributed by atoms with Crippen LogP contribution in [-0.2, 0) is 6.42 Å². The number of H-pyrrole nitrogens is 1. The molecule has 3 rings (SSSR count). The van der Waals surface area contributed by atoms with E-state index in [0.717, 1.165) is 11.4 Å². The average molecular weight is 439 g/mol. The number of nitrogens with zero attached hydrogens (tertiary/aromatic N) is 3. The second-order valence-electron chi connectivity index (χ2n) is 5.04. The van der Waals surface area contributed by atoms with Crippen molar-refractivity contribution in [2.45, 2.75) is 13.3 Å². The van der Waals surface area contributed by atoms with Gasteiger partial charge >= 0.3 is 0 Å². The third kappa shape index (κ3) is 4.17. The molecule has 0 amide bonds. The summed E-state index contributed by atoms with van der Waals surface area (Å²) < 4.78 is 7.98. The molecule has 25 heavy (non-hydrogen) atoms. The topological polar surface area (TPSA) is 75.4 Å². The van der Waals surface area contributed by atoms with Crippen LogP contribution in [0.5, 0.6) is 11.5 Å². The predicted molar refractivity (Wildman–Crippen MR) is 105 cm³/mol. The Morgan fingerprint density at radius 1 is 1.52 bits per heavy atom. The summed E-state index contributed by atoms with van der Waals surface area (Å²) in [4.78, 5) is 1.18. The van der Waals surface area contributed by atoms with Gasteiger partial charge in [-0.3, -0.25) is 5.10 Å². The van der Waals surface area contributed by atoms with Crippen molar-refractivity contribution in [1.82, 2.24) is 14.9 Å². The first-order chi connectivity index (χ1) is 12.1. The number of rotatable bonds is 6. The fourth-order valence-electron chi connectivity index (χ4n) is 2.19. The molecule has 3 aromatic rings. The van der Waals surface area contributed by atoms with E-state index in [1.807, 2.05) is 24.4 Å². The first-order valence-electron chi connectivity index (χ1n) is 7.46. The zero-order valence-electron chi connectivity index (χ0n) is 13.3. The Morgan fingerprint density at radius 3 is 3.08 bits per heavy atom. The molecule has 2 N–H and O–H groups in total. The Balaban J connectivity index is 1.90. The van der Waals surface area contributed by atoms with E-state index in [0.29, 0.717) is 28.0 Å². The van der Waals surface area contributed by atoms with Gasteiger partial charge in [0.15, 0.2) is 17.3 Å². The number of thiophene rings is 1. The van der Waals surface area contributed by atoms with E-state index in [9.17, 15) is 5.11 Å². The van der Waals surface area contributed by atoms with Crippen LogP contribution in [0.4, 0.5) is 0 Å². The standard InChI is InChI=1S/C16H15BrN4O2S2/c1-2-23-13-7-10(6-12(17)15(13)22)9-18-21-14(19-20-16(21)24)8-11-4-3-5-25-11/h3-7,9,22H,2,8H2,1H3,(H,20,24)/b18-9-. The van der Waals surface area contributed by atoms with Gasteiger partial charge in [-0.15, -0.1) is 11.3 Å². The Labute approximate surface area is 161 Å². The van der Waals surface area contributed by atoms with Gasteiger partial charge in [0.2, 0.25) is 4.77 Å². The van der Waals surface area contributed by atoms with Crippen molar-refractivity contribution in [3.63, 3.8) is 0 Å². The fraction of sp³-hybridized carbons (Fsp3) is 0.188. The summed E-state index contributed by atoms with van der Waals surface area (Å²) in [6.07, 6.45) is 2.29. The number of phenolic OH excluding ortho intramolecular Hbond substituents is 1. The lowest BCUT2D eigenvalue weighted by Crippen LogP contribution is -2.00. The van der Waals surface area contributed by atoms with Crippen LogP contribution >= 0.6 is 39.5 Å². The molecule has 2 aromatic heterocycles. The second-order valence-corrected chi connectivity index (χ2v) is 7.31. The van der Waals surface area contributed by atoms with Crippen LogP contribution < -0.4 is 4.74 Å². The molecule has 1 aromatic carbocycles. The molecule has 0 fully saturated rings. The third-order valence-corrected chi connectivity index (χ3v) is 5.05. The first-order valence-corrected chi connectivity index (χ1v) is 9.55. The summed E-state index contributed by atoms with van der Waals surface area (Å²) in [5, 5.41) is 23.5. The predicted octanol–water partition coefficient (Wildman–Crippen LogP) is 4.34. The smallest absolute Gasteiger partial charge is 0.216 e. The van der Waals surface area contributed by atoms with E-state index >= 15 is 0 Å². The summed E-state index contributed by atoms with van der Waals surface area (Å²) >= 11 is 10.2. The van der Waals surface area contributed by atoms with Crippen molar-refractivity contribution in [1.29, 1.82) is 0 Å². The summed E-state index contributed by atoms with van der Waals surface area (Å²) in [5.41, 5.74) is 0.762. The van der Waals surface area contributed by atoms with Crippen LogP contribution in [0.1, 0.15) is 23.2 Å². The van der Waals surface area contributed by atoms with Crippen LogP contribution in [0.15, 0.2) is 39.2 Å². The Morgan fingerprint density at radius 2 is 2.36 bits per heavy atom. The normalized spacial score (nSPS) is 11.3. The molecule has 0 radical (unpaired) electrons. The fourth-order valence-corrected chi connectivity index (χ4v) is 3.54. The summed E-state index contributed by atoms with van der Waals surface area (Å²) in [5.74, 6) is 1.19. The summed E-state index contributed by atoms with van der Waals surface area (Å²) in [6, 6.07) is 7.51. The molecule has 0 aliphatic heterocycles. The lowest BCUT2D eigenvalue weighted by Gasteiger charge is -2.08. The van der Waals surface area contributed by atoms with E-state index in [1.54, 1.807) is 34.4 Å². The number of aromatic hydroxyl groups is 1. The van der Waals surface area contributed by atoms with E-state index in [-0.39, 0.29) is 5.75 Å². The second kappa shape index (κ2) is 7.94. The zero-order chi connectivity index (χ0) is 17.8. The molecule has 9 heteroatoms. The van der Waals surface area contributed by atoms with E-state index < -0.39 is 0 Å². The van der Waals surface area contributed by atoms with Crippen molar-refractivity contribution in [2.24, 2.45) is 5.10 Å². The van der Waals surface area contributed by atoms with Crippen LogP contribution in [0, 0.1) is 4.77 Å². The summed E-state index contributed by atoms with van der Waals surface area (Å²) in [7, 11) is 0. The van der Waals surface area contributed by atoms with Crippen LogP contribution in [0.2, 0.25) is 0 Å². The molecule has 0 saturated carbocycles.